The molecule has 0 radical (unpaired) electrons. The van der Waals surface area contributed by atoms with E-state index in [2.05, 4.69) is 10.3 Å². The molecule has 1 heterocycles. The van der Waals surface area contributed by atoms with Gasteiger partial charge in [-0.25, -0.2) is 13.9 Å². The molecule has 8 heteroatoms. The van der Waals surface area contributed by atoms with Crippen molar-refractivity contribution in [1.29, 1.82) is 0 Å². The third-order valence-corrected chi connectivity index (χ3v) is 2.30. The molecule has 6 nitrogen and oxygen atoms in total. The van der Waals surface area contributed by atoms with Crippen molar-refractivity contribution in [3.63, 3.8) is 0 Å². The molecule has 0 bridgehead atoms. The van der Waals surface area contributed by atoms with Crippen molar-refractivity contribution >= 4 is 34.4 Å². The summed E-state index contributed by atoms with van der Waals surface area (Å²) in [6.45, 7) is 0. The van der Waals surface area contributed by atoms with Crippen LogP contribution in [0.5, 0.6) is 0 Å². The number of rotatable bonds is 1. The number of hydrogen-bond donors (Lipinski definition) is 2. The maximum Gasteiger partial charge on any atom is 0.409 e. The van der Waals surface area contributed by atoms with Crippen LogP contribution in [0.3, 0.4) is 0 Å². The quantitative estimate of drug-likeness (QED) is 0.802. The number of carboxylic acid groups (broad SMARTS) is 1. The van der Waals surface area contributed by atoms with Crippen molar-refractivity contribution in [2.24, 2.45) is 7.05 Å². The first-order valence-electron chi connectivity index (χ1n) is 4.18. The van der Waals surface area contributed by atoms with Gasteiger partial charge in [0.05, 0.1) is 5.02 Å². The van der Waals surface area contributed by atoms with Gasteiger partial charge in [-0.3, -0.25) is 5.32 Å². The van der Waals surface area contributed by atoms with Crippen molar-refractivity contribution in [3.8, 4) is 0 Å². The molecular formula is C8H6ClFN4O2. The zero-order valence-corrected chi connectivity index (χ0v) is 8.79. The van der Waals surface area contributed by atoms with Crippen LogP contribution < -0.4 is 5.32 Å². The summed E-state index contributed by atoms with van der Waals surface area (Å²) in [5.74, 6) is -0.791. The van der Waals surface area contributed by atoms with Crippen LogP contribution in [0.4, 0.5) is 14.9 Å². The Hall–Kier alpha value is -1.89. The van der Waals surface area contributed by atoms with Crippen LogP contribution >= 0.6 is 11.6 Å². The minimum absolute atomic E-state index is 0.0786. The van der Waals surface area contributed by atoms with Gasteiger partial charge in [0.15, 0.2) is 5.82 Å². The number of nitrogens with one attached hydrogen (secondary N) is 1. The highest BCUT2D eigenvalue weighted by molar-refractivity contribution is 6.35. The molecular weight excluding hydrogens is 239 g/mol. The largest absolute Gasteiger partial charge is 0.465 e. The second-order valence-electron chi connectivity index (χ2n) is 3.06. The summed E-state index contributed by atoms with van der Waals surface area (Å²) < 4.78 is 14.8. The lowest BCUT2D eigenvalue weighted by Crippen LogP contribution is -2.09. The van der Waals surface area contributed by atoms with E-state index in [9.17, 15) is 9.18 Å². The minimum atomic E-state index is -1.38. The van der Waals surface area contributed by atoms with Crippen LogP contribution in [-0.4, -0.2) is 26.2 Å². The van der Waals surface area contributed by atoms with Crippen LogP contribution in [0.1, 0.15) is 0 Å². The van der Waals surface area contributed by atoms with E-state index in [0.29, 0.717) is 5.52 Å². The summed E-state index contributed by atoms with van der Waals surface area (Å²) in [6.07, 6.45) is -1.38. The van der Waals surface area contributed by atoms with Crippen LogP contribution in [0.2, 0.25) is 5.02 Å². The fourth-order valence-corrected chi connectivity index (χ4v) is 1.69. The van der Waals surface area contributed by atoms with Crippen LogP contribution in [0, 0.1) is 5.82 Å². The average molecular weight is 245 g/mol. The number of fused-ring (bicyclic) bond motifs is 1. The summed E-state index contributed by atoms with van der Waals surface area (Å²) in [5, 5.41) is 17.9. The lowest BCUT2D eigenvalue weighted by atomic mass is 10.2. The first kappa shape index (κ1) is 10.6. The van der Waals surface area contributed by atoms with Crippen LogP contribution in [0.25, 0.3) is 11.0 Å². The third kappa shape index (κ3) is 1.54. The van der Waals surface area contributed by atoms with Crippen molar-refractivity contribution < 1.29 is 14.3 Å². The summed E-state index contributed by atoms with van der Waals surface area (Å²) in [7, 11) is 1.57. The Morgan fingerprint density at radius 3 is 3.00 bits per heavy atom. The van der Waals surface area contributed by atoms with E-state index in [1.54, 1.807) is 7.05 Å². The predicted molar refractivity (Wildman–Crippen MR) is 55.1 cm³/mol. The number of amides is 1. The second-order valence-corrected chi connectivity index (χ2v) is 3.46. The summed E-state index contributed by atoms with van der Waals surface area (Å²) in [6, 6.07) is 1.01. The fourth-order valence-electron chi connectivity index (χ4n) is 1.38. The Labute approximate surface area is 93.6 Å². The number of benzene rings is 1. The highest BCUT2D eigenvalue weighted by atomic mass is 35.5. The number of carbonyl (C=O) groups is 1. The maximum absolute atomic E-state index is 13.5. The Balaban J connectivity index is 2.77. The van der Waals surface area contributed by atoms with E-state index in [1.807, 2.05) is 5.32 Å². The zero-order chi connectivity index (χ0) is 11.9. The Kier molecular flexibility index (Phi) is 2.39. The second kappa shape index (κ2) is 3.60. The normalized spacial score (nSPS) is 10.7. The molecule has 84 valence electrons. The van der Waals surface area contributed by atoms with Gasteiger partial charge in [-0.2, -0.15) is 0 Å². The maximum atomic E-state index is 13.5. The van der Waals surface area contributed by atoms with E-state index >= 15 is 0 Å². The van der Waals surface area contributed by atoms with Gasteiger partial charge >= 0.3 is 6.09 Å². The standard InChI is InChI=1S/C8H6ClFN4O2/c1-14-7-3(9)2-4(10)5(11-8(15)16)6(7)12-13-14/h2,11H,1H3,(H,15,16). The number of aryl methyl sites for hydroxylation is 1. The van der Waals surface area contributed by atoms with Gasteiger partial charge in [0.2, 0.25) is 0 Å². The summed E-state index contributed by atoms with van der Waals surface area (Å²) in [5.41, 5.74) is 0.196. The highest BCUT2D eigenvalue weighted by Gasteiger charge is 2.17. The van der Waals surface area contributed by atoms with Gasteiger partial charge in [-0.15, -0.1) is 5.10 Å². The van der Waals surface area contributed by atoms with Gasteiger partial charge in [-0.1, -0.05) is 16.8 Å². The molecule has 0 unspecified atom stereocenters. The van der Waals surface area contributed by atoms with Crippen LogP contribution in [0.15, 0.2) is 6.07 Å². The van der Waals surface area contributed by atoms with Crippen molar-refractivity contribution in [3.05, 3.63) is 16.9 Å². The summed E-state index contributed by atoms with van der Waals surface area (Å²) >= 11 is 5.80. The molecule has 2 N–H and O–H groups in total. The van der Waals surface area contributed by atoms with Crippen molar-refractivity contribution in [2.75, 3.05) is 5.32 Å². The first-order valence-corrected chi connectivity index (χ1v) is 4.56. The molecule has 0 spiro atoms. The summed E-state index contributed by atoms with van der Waals surface area (Å²) in [4.78, 5) is 10.5. The number of aromatic nitrogens is 3. The minimum Gasteiger partial charge on any atom is -0.465 e. The van der Waals surface area contributed by atoms with Gasteiger partial charge in [-0.05, 0) is 6.07 Å². The van der Waals surface area contributed by atoms with Gasteiger partial charge in [0, 0.05) is 7.05 Å². The topological polar surface area (TPSA) is 80.0 Å². The smallest absolute Gasteiger partial charge is 0.409 e. The highest BCUT2D eigenvalue weighted by Crippen LogP contribution is 2.30. The molecule has 16 heavy (non-hydrogen) atoms. The zero-order valence-electron chi connectivity index (χ0n) is 8.03. The molecule has 1 aromatic carbocycles. The molecule has 0 aliphatic rings. The first-order chi connectivity index (χ1) is 7.50. The van der Waals surface area contributed by atoms with Crippen molar-refractivity contribution in [1.82, 2.24) is 15.0 Å². The predicted octanol–water partition coefficient (Wildman–Crippen LogP) is 1.85. The molecule has 0 aliphatic heterocycles. The molecule has 0 aliphatic carbocycles. The molecule has 0 saturated heterocycles. The third-order valence-electron chi connectivity index (χ3n) is 2.01. The molecule has 0 atom stereocenters. The molecule has 2 aromatic rings. The van der Waals surface area contributed by atoms with Gasteiger partial charge < -0.3 is 5.11 Å². The lowest BCUT2D eigenvalue weighted by molar-refractivity contribution is 0.209. The van der Waals surface area contributed by atoms with E-state index in [1.165, 1.54) is 4.68 Å². The molecule has 0 saturated carbocycles. The molecule has 0 fully saturated rings. The Morgan fingerprint density at radius 1 is 1.69 bits per heavy atom. The van der Waals surface area contributed by atoms with E-state index in [-0.39, 0.29) is 16.2 Å². The Morgan fingerprint density at radius 2 is 2.38 bits per heavy atom. The van der Waals surface area contributed by atoms with Gasteiger partial charge in [0.25, 0.3) is 0 Å². The number of hydrogen-bond acceptors (Lipinski definition) is 3. The van der Waals surface area contributed by atoms with E-state index in [0.717, 1.165) is 6.07 Å². The fraction of sp³-hybridized carbons (Fsp3) is 0.125. The molecule has 1 aromatic heterocycles. The SMILES string of the molecule is Cn1nnc2c(NC(=O)O)c(F)cc(Cl)c21. The number of nitrogens with zero attached hydrogens (tertiary/aromatic N) is 3. The lowest BCUT2D eigenvalue weighted by Gasteiger charge is -2.04. The van der Waals surface area contributed by atoms with Crippen molar-refractivity contribution in [2.45, 2.75) is 0 Å². The van der Waals surface area contributed by atoms with E-state index < -0.39 is 11.9 Å². The van der Waals surface area contributed by atoms with Gasteiger partial charge in [0.1, 0.15) is 16.7 Å². The average Bonchev–Trinajstić information content (AvgIpc) is 2.55. The number of anilines is 1. The Bertz CT molecular complexity index is 583. The monoisotopic (exact) mass is 244 g/mol. The van der Waals surface area contributed by atoms with Crippen LogP contribution in [-0.2, 0) is 7.05 Å². The van der Waals surface area contributed by atoms with E-state index in [4.69, 9.17) is 16.7 Å². The molecule has 2 rings (SSSR count). The number of halogens is 2. The molecule has 1 amide bonds.